The van der Waals surface area contributed by atoms with Gasteiger partial charge >= 0.3 is 5.69 Å². The van der Waals surface area contributed by atoms with E-state index in [1.54, 1.807) is 26.1 Å². The van der Waals surface area contributed by atoms with Crippen LogP contribution in [0.5, 0.6) is 0 Å². The highest BCUT2D eigenvalue weighted by atomic mass is 16.6. The summed E-state index contributed by atoms with van der Waals surface area (Å²) in [5, 5.41) is 17.2. The van der Waals surface area contributed by atoms with E-state index in [-0.39, 0.29) is 29.0 Å². The molecule has 2 N–H and O–H groups in total. The van der Waals surface area contributed by atoms with Crippen molar-refractivity contribution in [1.29, 1.82) is 0 Å². The minimum Gasteiger partial charge on any atom is -0.383 e. The molecule has 1 aliphatic carbocycles. The van der Waals surface area contributed by atoms with Crippen LogP contribution in [0.3, 0.4) is 0 Å². The fourth-order valence-corrected chi connectivity index (χ4v) is 3.28. The van der Waals surface area contributed by atoms with Gasteiger partial charge in [0.05, 0.1) is 17.1 Å². The second kappa shape index (κ2) is 9.50. The lowest BCUT2D eigenvalue weighted by Gasteiger charge is -2.28. The molecule has 1 heterocycles. The molecule has 1 aliphatic rings. The number of anilines is 2. The Balaban J connectivity index is 2.33. The lowest BCUT2D eigenvalue weighted by atomic mass is 9.87. The predicted octanol–water partition coefficient (Wildman–Crippen LogP) is 2.42. The van der Waals surface area contributed by atoms with Crippen molar-refractivity contribution in [2.75, 3.05) is 44.6 Å². The number of methoxy groups -OCH3 is 1. The van der Waals surface area contributed by atoms with Crippen molar-refractivity contribution in [2.24, 2.45) is 5.92 Å². The Hall–Kier alpha value is -2.42. The number of nitrogens with one attached hydrogen (secondary N) is 2. The van der Waals surface area contributed by atoms with E-state index in [1.165, 1.54) is 6.07 Å². The first-order valence-corrected chi connectivity index (χ1v) is 9.25. The van der Waals surface area contributed by atoms with E-state index in [0.717, 1.165) is 25.7 Å². The van der Waals surface area contributed by atoms with E-state index >= 15 is 0 Å². The number of nitro groups is 1. The van der Waals surface area contributed by atoms with E-state index in [1.807, 2.05) is 0 Å². The van der Waals surface area contributed by atoms with Crippen LogP contribution in [0.25, 0.3) is 0 Å². The third-order valence-corrected chi connectivity index (χ3v) is 5.00. The van der Waals surface area contributed by atoms with Gasteiger partial charge in [-0.15, -0.1) is 0 Å². The zero-order valence-electron chi connectivity index (χ0n) is 16.4. The molecular weight excluding hydrogens is 350 g/mol. The van der Waals surface area contributed by atoms with Crippen LogP contribution in [-0.2, 0) is 4.74 Å². The number of hydrogen-bond acceptors (Lipinski definition) is 7. The highest BCUT2D eigenvalue weighted by molar-refractivity contribution is 6.00. The van der Waals surface area contributed by atoms with Gasteiger partial charge in [0, 0.05) is 39.9 Å². The van der Waals surface area contributed by atoms with Crippen molar-refractivity contribution in [2.45, 2.75) is 38.6 Å². The molecule has 0 spiro atoms. The fourth-order valence-electron chi connectivity index (χ4n) is 3.28. The van der Waals surface area contributed by atoms with Crippen LogP contribution in [0.1, 0.15) is 43.0 Å². The standard InChI is InChI=1S/C18H29N5O4/c1-12-5-7-13(8-6-12)20-18(24)14-11-15(23(25)26)16(19-2)21-17(14)22(3)9-10-27-4/h11-13H,5-10H2,1-4H3,(H,19,21)(H,20,24). The number of likely N-dealkylation sites (N-methyl/N-ethyl adjacent to an activating group) is 1. The monoisotopic (exact) mass is 379 g/mol. The van der Waals surface area contributed by atoms with Crippen molar-refractivity contribution in [3.63, 3.8) is 0 Å². The molecule has 2 rings (SSSR count). The second-order valence-electron chi connectivity index (χ2n) is 7.08. The Morgan fingerprint density at radius 3 is 2.63 bits per heavy atom. The lowest BCUT2D eigenvalue weighted by Crippen LogP contribution is -2.38. The molecule has 0 atom stereocenters. The molecule has 1 saturated carbocycles. The van der Waals surface area contributed by atoms with Gasteiger partial charge < -0.3 is 20.3 Å². The van der Waals surface area contributed by atoms with Crippen LogP contribution in [-0.4, -0.2) is 56.2 Å². The largest absolute Gasteiger partial charge is 0.383 e. The van der Waals surface area contributed by atoms with Crippen LogP contribution >= 0.6 is 0 Å². The molecule has 0 bridgehead atoms. The van der Waals surface area contributed by atoms with Crippen molar-refractivity contribution in [3.05, 3.63) is 21.7 Å². The number of aromatic nitrogens is 1. The van der Waals surface area contributed by atoms with E-state index in [2.05, 4.69) is 22.5 Å². The van der Waals surface area contributed by atoms with Crippen LogP contribution < -0.4 is 15.5 Å². The van der Waals surface area contributed by atoms with Gasteiger partial charge in [0.1, 0.15) is 5.82 Å². The van der Waals surface area contributed by atoms with Gasteiger partial charge in [0.15, 0.2) is 0 Å². The molecule has 1 aromatic heterocycles. The lowest BCUT2D eigenvalue weighted by molar-refractivity contribution is -0.384. The van der Waals surface area contributed by atoms with Gasteiger partial charge in [-0.1, -0.05) is 6.92 Å². The molecule has 0 aliphatic heterocycles. The molecular formula is C18H29N5O4. The number of hydrogen-bond donors (Lipinski definition) is 2. The predicted molar refractivity (Wildman–Crippen MR) is 104 cm³/mol. The van der Waals surface area contributed by atoms with Gasteiger partial charge in [-0.05, 0) is 31.6 Å². The number of ether oxygens (including phenoxy) is 1. The van der Waals surface area contributed by atoms with E-state index in [0.29, 0.717) is 24.9 Å². The number of rotatable bonds is 8. The van der Waals surface area contributed by atoms with Crippen molar-refractivity contribution < 1.29 is 14.5 Å². The van der Waals surface area contributed by atoms with Crippen LogP contribution in [0.2, 0.25) is 0 Å². The summed E-state index contributed by atoms with van der Waals surface area (Å²) in [6.07, 6.45) is 3.99. The first kappa shape index (κ1) is 20.9. The van der Waals surface area contributed by atoms with E-state index < -0.39 is 4.92 Å². The number of carbonyl (C=O) groups excluding carboxylic acids is 1. The summed E-state index contributed by atoms with van der Waals surface area (Å²) < 4.78 is 5.09. The highest BCUT2D eigenvalue weighted by Crippen LogP contribution is 2.30. The zero-order chi connectivity index (χ0) is 20.0. The van der Waals surface area contributed by atoms with Crippen molar-refractivity contribution in [1.82, 2.24) is 10.3 Å². The average Bonchev–Trinajstić information content (AvgIpc) is 2.66. The number of carbonyl (C=O) groups is 1. The highest BCUT2D eigenvalue weighted by Gasteiger charge is 2.27. The first-order valence-electron chi connectivity index (χ1n) is 9.25. The average molecular weight is 379 g/mol. The summed E-state index contributed by atoms with van der Waals surface area (Å²) in [5.74, 6) is 0.865. The maximum Gasteiger partial charge on any atom is 0.312 e. The maximum atomic E-state index is 12.9. The fraction of sp³-hybridized carbons (Fsp3) is 0.667. The van der Waals surface area contributed by atoms with Crippen molar-refractivity contribution in [3.8, 4) is 0 Å². The molecule has 150 valence electrons. The molecule has 1 fully saturated rings. The number of nitrogens with zero attached hydrogens (tertiary/aromatic N) is 3. The van der Waals surface area contributed by atoms with Gasteiger partial charge in [-0.3, -0.25) is 14.9 Å². The normalized spacial score (nSPS) is 19.4. The Labute approximate surface area is 159 Å². The third-order valence-electron chi connectivity index (χ3n) is 5.00. The molecule has 0 radical (unpaired) electrons. The summed E-state index contributed by atoms with van der Waals surface area (Å²) in [5.41, 5.74) is -0.0123. The topological polar surface area (TPSA) is 110 Å². The summed E-state index contributed by atoms with van der Waals surface area (Å²) in [4.78, 5) is 29.9. The zero-order valence-corrected chi connectivity index (χ0v) is 16.4. The van der Waals surface area contributed by atoms with Crippen molar-refractivity contribution >= 4 is 23.2 Å². The maximum absolute atomic E-state index is 12.9. The third kappa shape index (κ3) is 5.29. The molecule has 27 heavy (non-hydrogen) atoms. The summed E-state index contributed by atoms with van der Waals surface area (Å²) in [6, 6.07) is 1.40. The SMILES string of the molecule is CNc1nc(N(C)CCOC)c(C(=O)NC2CCC(C)CC2)cc1[N+](=O)[O-]. The number of pyridine rings is 1. The molecule has 9 heteroatoms. The Bertz CT molecular complexity index is 674. The van der Waals surface area contributed by atoms with Crippen LogP contribution in [0, 0.1) is 16.0 Å². The minimum absolute atomic E-state index is 0.0915. The molecule has 9 nitrogen and oxygen atoms in total. The van der Waals surface area contributed by atoms with Gasteiger partial charge in [-0.2, -0.15) is 0 Å². The molecule has 1 amide bonds. The van der Waals surface area contributed by atoms with Gasteiger partial charge in [-0.25, -0.2) is 4.98 Å². The molecule has 0 unspecified atom stereocenters. The Morgan fingerprint density at radius 2 is 2.07 bits per heavy atom. The summed E-state index contributed by atoms with van der Waals surface area (Å²) >= 11 is 0. The Morgan fingerprint density at radius 1 is 1.41 bits per heavy atom. The summed E-state index contributed by atoms with van der Waals surface area (Å²) in [6.45, 7) is 3.17. The Kier molecular flexibility index (Phi) is 7.35. The van der Waals surface area contributed by atoms with Gasteiger partial charge in [0.2, 0.25) is 5.82 Å². The minimum atomic E-state index is -0.531. The smallest absolute Gasteiger partial charge is 0.312 e. The van der Waals surface area contributed by atoms with Crippen LogP contribution in [0.4, 0.5) is 17.3 Å². The quantitative estimate of drug-likeness (QED) is 0.527. The second-order valence-corrected chi connectivity index (χ2v) is 7.08. The molecule has 1 aromatic rings. The molecule has 0 saturated heterocycles. The summed E-state index contributed by atoms with van der Waals surface area (Å²) in [7, 11) is 4.94. The van der Waals surface area contributed by atoms with Crippen LogP contribution in [0.15, 0.2) is 6.07 Å². The first-order chi connectivity index (χ1) is 12.9. The number of amides is 1. The molecule has 0 aromatic carbocycles. The van der Waals surface area contributed by atoms with E-state index in [9.17, 15) is 14.9 Å². The van der Waals surface area contributed by atoms with E-state index in [4.69, 9.17) is 4.74 Å². The van der Waals surface area contributed by atoms with Gasteiger partial charge in [0.25, 0.3) is 5.91 Å².